The Morgan fingerprint density at radius 2 is 1.54 bits per heavy atom. The smallest absolute Gasteiger partial charge is 0.246 e. The molecule has 5 nitrogen and oxygen atoms in total. The Morgan fingerprint density at radius 1 is 0.917 bits per heavy atom. The number of carbonyl (C=O) groups excluding carboxylic acids is 2. The average Bonchev–Trinajstić information content (AvgIpc) is 2.51. The molecule has 24 heavy (non-hydrogen) atoms. The predicted molar refractivity (Wildman–Crippen MR) is 98.4 cm³/mol. The Kier molecular flexibility index (Phi) is 5.58. The van der Waals surface area contributed by atoms with E-state index in [0.29, 0.717) is 0 Å². The van der Waals surface area contributed by atoms with Crippen LogP contribution in [0.4, 0.5) is 17.1 Å². The highest BCUT2D eigenvalue weighted by molar-refractivity contribution is 5.97. The molecular weight excluding hydrogens is 302 g/mol. The number of hydrogen-bond donors (Lipinski definition) is 3. The van der Waals surface area contributed by atoms with Gasteiger partial charge in [0, 0.05) is 24.0 Å². The fourth-order valence-corrected chi connectivity index (χ4v) is 2.36. The van der Waals surface area contributed by atoms with Crippen molar-refractivity contribution in [1.82, 2.24) is 0 Å². The summed E-state index contributed by atoms with van der Waals surface area (Å²) in [5.41, 5.74) is 4.55. The third-order valence-corrected chi connectivity index (χ3v) is 3.62. The Hall–Kier alpha value is -2.82. The summed E-state index contributed by atoms with van der Waals surface area (Å²) in [4.78, 5) is 23.3. The van der Waals surface area contributed by atoms with E-state index in [0.717, 1.165) is 28.2 Å². The maximum atomic E-state index is 12.3. The van der Waals surface area contributed by atoms with Crippen LogP contribution in [-0.2, 0) is 9.59 Å². The molecular formula is C19H23N3O2. The molecule has 2 rings (SSSR count). The number of carbonyl (C=O) groups is 2. The van der Waals surface area contributed by atoms with Crippen molar-refractivity contribution in [3.05, 3.63) is 53.6 Å². The number of aryl methyl sites for hydroxylation is 2. The summed E-state index contributed by atoms with van der Waals surface area (Å²) in [6.07, 6.45) is 0. The van der Waals surface area contributed by atoms with Gasteiger partial charge in [-0.3, -0.25) is 9.59 Å². The van der Waals surface area contributed by atoms with Gasteiger partial charge in [0.25, 0.3) is 0 Å². The standard InChI is InChI=1S/C19H23N3O2/c1-12-5-10-18(13(2)11-12)22-19(24)14(3)20-16-6-8-17(9-7-16)21-15(4)23/h5-11,14,20H,1-4H3,(H,21,23)(H,22,24). The van der Waals surface area contributed by atoms with Crippen molar-refractivity contribution < 1.29 is 9.59 Å². The van der Waals surface area contributed by atoms with Gasteiger partial charge in [-0.15, -0.1) is 0 Å². The molecule has 1 atom stereocenters. The Balaban J connectivity index is 1.97. The minimum atomic E-state index is -0.391. The van der Waals surface area contributed by atoms with Gasteiger partial charge in [-0.2, -0.15) is 0 Å². The zero-order chi connectivity index (χ0) is 17.7. The van der Waals surface area contributed by atoms with Crippen LogP contribution >= 0.6 is 0 Å². The number of nitrogens with one attached hydrogen (secondary N) is 3. The third-order valence-electron chi connectivity index (χ3n) is 3.62. The van der Waals surface area contributed by atoms with E-state index >= 15 is 0 Å². The quantitative estimate of drug-likeness (QED) is 0.785. The van der Waals surface area contributed by atoms with Crippen LogP contribution in [0.3, 0.4) is 0 Å². The molecule has 0 aliphatic heterocycles. The van der Waals surface area contributed by atoms with E-state index in [4.69, 9.17) is 0 Å². The first-order chi connectivity index (χ1) is 11.3. The molecule has 0 aliphatic rings. The molecule has 1 unspecified atom stereocenters. The van der Waals surface area contributed by atoms with Gasteiger partial charge >= 0.3 is 0 Å². The van der Waals surface area contributed by atoms with Crippen LogP contribution in [0.15, 0.2) is 42.5 Å². The normalized spacial score (nSPS) is 11.5. The van der Waals surface area contributed by atoms with Crippen LogP contribution in [0, 0.1) is 13.8 Å². The average molecular weight is 325 g/mol. The van der Waals surface area contributed by atoms with Gasteiger partial charge in [0.15, 0.2) is 0 Å². The lowest BCUT2D eigenvalue weighted by Crippen LogP contribution is -2.32. The second-order valence-electron chi connectivity index (χ2n) is 5.93. The molecule has 126 valence electrons. The van der Waals surface area contributed by atoms with Crippen LogP contribution < -0.4 is 16.0 Å². The van der Waals surface area contributed by atoms with Gasteiger partial charge in [-0.25, -0.2) is 0 Å². The first-order valence-electron chi connectivity index (χ1n) is 7.87. The number of anilines is 3. The summed E-state index contributed by atoms with van der Waals surface area (Å²) < 4.78 is 0. The second kappa shape index (κ2) is 7.64. The van der Waals surface area contributed by atoms with E-state index in [1.807, 2.05) is 44.2 Å². The van der Waals surface area contributed by atoms with E-state index in [9.17, 15) is 9.59 Å². The van der Waals surface area contributed by atoms with Crippen molar-refractivity contribution >= 4 is 28.9 Å². The van der Waals surface area contributed by atoms with Crippen molar-refractivity contribution in [1.29, 1.82) is 0 Å². The van der Waals surface area contributed by atoms with Crippen molar-refractivity contribution in [2.24, 2.45) is 0 Å². The predicted octanol–water partition coefficient (Wildman–Crippen LogP) is 3.70. The minimum absolute atomic E-state index is 0.104. The van der Waals surface area contributed by atoms with Crippen LogP contribution in [0.25, 0.3) is 0 Å². The minimum Gasteiger partial charge on any atom is -0.374 e. The zero-order valence-electron chi connectivity index (χ0n) is 14.4. The van der Waals surface area contributed by atoms with Crippen LogP contribution in [0.5, 0.6) is 0 Å². The summed E-state index contributed by atoms with van der Waals surface area (Å²) in [7, 11) is 0. The van der Waals surface area contributed by atoms with Crippen molar-refractivity contribution in [2.45, 2.75) is 33.7 Å². The molecule has 2 aromatic carbocycles. The van der Waals surface area contributed by atoms with Crippen molar-refractivity contribution in [2.75, 3.05) is 16.0 Å². The Bertz CT molecular complexity index is 739. The first kappa shape index (κ1) is 17.5. The number of hydrogen-bond acceptors (Lipinski definition) is 3. The highest BCUT2D eigenvalue weighted by Crippen LogP contribution is 2.18. The van der Waals surface area contributed by atoms with Gasteiger partial charge in [-0.1, -0.05) is 17.7 Å². The van der Waals surface area contributed by atoms with E-state index in [2.05, 4.69) is 16.0 Å². The molecule has 2 aromatic rings. The number of rotatable bonds is 5. The van der Waals surface area contributed by atoms with Crippen molar-refractivity contribution in [3.63, 3.8) is 0 Å². The van der Waals surface area contributed by atoms with Gasteiger partial charge in [-0.05, 0) is 56.7 Å². The van der Waals surface area contributed by atoms with E-state index in [-0.39, 0.29) is 11.8 Å². The Morgan fingerprint density at radius 3 is 2.12 bits per heavy atom. The molecule has 0 aliphatic carbocycles. The van der Waals surface area contributed by atoms with Crippen LogP contribution in [0.2, 0.25) is 0 Å². The molecule has 0 heterocycles. The summed E-state index contributed by atoms with van der Waals surface area (Å²) in [5, 5.41) is 8.79. The Labute approximate surface area is 142 Å². The summed E-state index contributed by atoms with van der Waals surface area (Å²) in [6.45, 7) is 7.26. The molecule has 0 aromatic heterocycles. The number of benzene rings is 2. The zero-order valence-corrected chi connectivity index (χ0v) is 14.4. The van der Waals surface area contributed by atoms with Gasteiger partial charge in [0.1, 0.15) is 6.04 Å². The highest BCUT2D eigenvalue weighted by atomic mass is 16.2. The molecule has 0 spiro atoms. The summed E-state index contributed by atoms with van der Waals surface area (Å²) in [5.74, 6) is -0.218. The first-order valence-corrected chi connectivity index (χ1v) is 7.87. The molecule has 5 heteroatoms. The maximum absolute atomic E-state index is 12.3. The van der Waals surface area contributed by atoms with E-state index in [1.54, 1.807) is 19.1 Å². The summed E-state index contributed by atoms with van der Waals surface area (Å²) in [6, 6.07) is 12.8. The van der Waals surface area contributed by atoms with E-state index < -0.39 is 6.04 Å². The fraction of sp³-hybridized carbons (Fsp3) is 0.263. The maximum Gasteiger partial charge on any atom is 0.246 e. The molecule has 0 radical (unpaired) electrons. The van der Waals surface area contributed by atoms with Crippen LogP contribution in [0.1, 0.15) is 25.0 Å². The third kappa shape index (κ3) is 4.84. The molecule has 2 amide bonds. The molecule has 3 N–H and O–H groups in total. The SMILES string of the molecule is CC(=O)Nc1ccc(NC(C)C(=O)Nc2ccc(C)cc2C)cc1. The van der Waals surface area contributed by atoms with Crippen LogP contribution in [-0.4, -0.2) is 17.9 Å². The molecule has 0 saturated carbocycles. The molecule has 0 saturated heterocycles. The number of amides is 2. The largest absolute Gasteiger partial charge is 0.374 e. The second-order valence-corrected chi connectivity index (χ2v) is 5.93. The van der Waals surface area contributed by atoms with Gasteiger partial charge in [0.2, 0.25) is 11.8 Å². The monoisotopic (exact) mass is 325 g/mol. The molecule has 0 fully saturated rings. The highest BCUT2D eigenvalue weighted by Gasteiger charge is 2.13. The lowest BCUT2D eigenvalue weighted by atomic mass is 10.1. The van der Waals surface area contributed by atoms with Gasteiger partial charge in [0.05, 0.1) is 0 Å². The van der Waals surface area contributed by atoms with Crippen molar-refractivity contribution in [3.8, 4) is 0 Å². The molecule has 0 bridgehead atoms. The lowest BCUT2D eigenvalue weighted by Gasteiger charge is -2.17. The van der Waals surface area contributed by atoms with Gasteiger partial charge < -0.3 is 16.0 Å². The topological polar surface area (TPSA) is 70.2 Å². The lowest BCUT2D eigenvalue weighted by molar-refractivity contribution is -0.116. The van der Waals surface area contributed by atoms with E-state index in [1.165, 1.54) is 6.92 Å². The fourth-order valence-electron chi connectivity index (χ4n) is 2.36. The summed E-state index contributed by atoms with van der Waals surface area (Å²) >= 11 is 0.